The van der Waals surface area contributed by atoms with Gasteiger partial charge in [-0.25, -0.2) is 0 Å². The zero-order valence-corrected chi connectivity index (χ0v) is 10.4. The average Bonchev–Trinajstić information content (AvgIpc) is 2.20. The topological polar surface area (TPSA) is 46.6 Å². The predicted octanol–water partition coefficient (Wildman–Crippen LogP) is 0.250. The van der Waals surface area contributed by atoms with E-state index in [2.05, 4.69) is 4.90 Å². The van der Waals surface area contributed by atoms with Gasteiger partial charge in [-0.15, -0.1) is 0 Å². The van der Waals surface area contributed by atoms with Crippen LogP contribution in [0, 0.1) is 5.41 Å². The molecule has 0 aromatic rings. The van der Waals surface area contributed by atoms with Gasteiger partial charge in [0, 0.05) is 41.9 Å². The lowest BCUT2D eigenvalue weighted by atomic mass is 9.93. The van der Waals surface area contributed by atoms with Gasteiger partial charge in [-0.05, 0) is 13.8 Å². The molecule has 88 valence electrons. The number of esters is 1. The molecule has 0 spiro atoms. The molecular weight excluding hydrogens is 214 g/mol. The molecule has 15 heavy (non-hydrogen) atoms. The van der Waals surface area contributed by atoms with Crippen LogP contribution in [0.3, 0.4) is 0 Å². The molecule has 1 heterocycles. The summed E-state index contributed by atoms with van der Waals surface area (Å²) in [6.45, 7) is 6.06. The van der Waals surface area contributed by atoms with E-state index < -0.39 is 16.2 Å². The molecule has 1 aliphatic rings. The van der Waals surface area contributed by atoms with Crippen LogP contribution in [0.5, 0.6) is 0 Å². The molecule has 1 saturated heterocycles. The second kappa shape index (κ2) is 5.07. The molecule has 0 saturated carbocycles. The smallest absolute Gasteiger partial charge is 0.312 e. The Morgan fingerprint density at radius 2 is 1.93 bits per heavy atom. The number of carbonyl (C=O) groups is 1. The van der Waals surface area contributed by atoms with Gasteiger partial charge in [0.05, 0.1) is 12.5 Å². The van der Waals surface area contributed by atoms with Crippen LogP contribution in [-0.2, 0) is 20.3 Å². The van der Waals surface area contributed by atoms with E-state index in [-0.39, 0.29) is 5.97 Å². The maximum atomic E-state index is 11.5. The quantitative estimate of drug-likeness (QED) is 0.656. The standard InChI is InChI=1S/C10H19NO3S/c1-10(2,9(12)14-3)8-11-4-6-15(13)7-5-11/h4-8H2,1-3H3. The van der Waals surface area contributed by atoms with Gasteiger partial charge >= 0.3 is 5.97 Å². The Hall–Kier alpha value is -0.420. The van der Waals surface area contributed by atoms with Crippen molar-refractivity contribution in [2.75, 3.05) is 38.2 Å². The lowest BCUT2D eigenvalue weighted by Gasteiger charge is -2.32. The largest absolute Gasteiger partial charge is 0.469 e. The summed E-state index contributed by atoms with van der Waals surface area (Å²) in [5, 5.41) is 0. The maximum absolute atomic E-state index is 11.5. The van der Waals surface area contributed by atoms with Gasteiger partial charge in [0.1, 0.15) is 0 Å². The van der Waals surface area contributed by atoms with Gasteiger partial charge in [-0.2, -0.15) is 0 Å². The Bertz CT molecular complexity index is 255. The third-order valence-corrected chi connectivity index (χ3v) is 3.90. The van der Waals surface area contributed by atoms with Crippen LogP contribution in [0.1, 0.15) is 13.8 Å². The van der Waals surface area contributed by atoms with Crippen LogP contribution >= 0.6 is 0 Å². The summed E-state index contributed by atoms with van der Waals surface area (Å²) in [6, 6.07) is 0. The van der Waals surface area contributed by atoms with E-state index in [0.717, 1.165) is 24.6 Å². The van der Waals surface area contributed by atoms with Crippen molar-refractivity contribution >= 4 is 16.8 Å². The van der Waals surface area contributed by atoms with E-state index in [4.69, 9.17) is 4.74 Å². The summed E-state index contributed by atoms with van der Waals surface area (Å²) < 4.78 is 15.9. The normalized spacial score (nSPS) is 20.2. The van der Waals surface area contributed by atoms with E-state index in [1.54, 1.807) is 0 Å². The Morgan fingerprint density at radius 1 is 1.40 bits per heavy atom. The van der Waals surface area contributed by atoms with Crippen LogP contribution in [0.2, 0.25) is 0 Å². The molecule has 0 N–H and O–H groups in total. The first-order valence-corrected chi connectivity index (χ1v) is 6.60. The lowest BCUT2D eigenvalue weighted by Crippen LogP contribution is -2.45. The van der Waals surface area contributed by atoms with Gasteiger partial charge in [0.2, 0.25) is 0 Å². The minimum Gasteiger partial charge on any atom is -0.469 e. The monoisotopic (exact) mass is 233 g/mol. The Morgan fingerprint density at radius 3 is 2.40 bits per heavy atom. The molecule has 0 atom stereocenters. The summed E-state index contributed by atoms with van der Waals surface area (Å²) >= 11 is 0. The number of hydrogen-bond acceptors (Lipinski definition) is 4. The molecule has 1 fully saturated rings. The van der Waals surface area contributed by atoms with E-state index >= 15 is 0 Å². The highest BCUT2D eigenvalue weighted by Gasteiger charge is 2.32. The van der Waals surface area contributed by atoms with Crippen molar-refractivity contribution in [2.45, 2.75) is 13.8 Å². The van der Waals surface area contributed by atoms with Crippen LogP contribution in [0.15, 0.2) is 0 Å². The zero-order valence-electron chi connectivity index (χ0n) is 9.62. The third-order valence-electron chi connectivity index (χ3n) is 2.63. The first kappa shape index (κ1) is 12.6. The molecule has 0 aromatic carbocycles. The van der Waals surface area contributed by atoms with Gasteiger partial charge in [0.25, 0.3) is 0 Å². The zero-order chi connectivity index (χ0) is 11.5. The highest BCUT2D eigenvalue weighted by molar-refractivity contribution is 7.85. The fourth-order valence-corrected chi connectivity index (χ4v) is 2.86. The van der Waals surface area contributed by atoms with Gasteiger partial charge < -0.3 is 9.64 Å². The second-order valence-corrected chi connectivity index (χ2v) is 6.20. The molecular formula is C10H19NO3S. The number of carbonyl (C=O) groups excluding carboxylic acids is 1. The van der Waals surface area contributed by atoms with Crippen LogP contribution in [0.4, 0.5) is 0 Å². The molecule has 1 aliphatic heterocycles. The average molecular weight is 233 g/mol. The highest BCUT2D eigenvalue weighted by atomic mass is 32.2. The number of ether oxygens (including phenoxy) is 1. The molecule has 0 bridgehead atoms. The van der Waals surface area contributed by atoms with Crippen molar-refractivity contribution in [2.24, 2.45) is 5.41 Å². The number of nitrogens with zero attached hydrogens (tertiary/aromatic N) is 1. The lowest BCUT2D eigenvalue weighted by molar-refractivity contribution is -0.151. The maximum Gasteiger partial charge on any atom is 0.312 e. The SMILES string of the molecule is COC(=O)C(C)(C)CN1CCS(=O)CC1. The second-order valence-electron chi connectivity index (χ2n) is 4.50. The van der Waals surface area contributed by atoms with E-state index in [9.17, 15) is 9.00 Å². The Labute approximate surface area is 93.4 Å². The minimum absolute atomic E-state index is 0.186. The Kier molecular flexibility index (Phi) is 4.28. The molecule has 5 heteroatoms. The van der Waals surface area contributed by atoms with Crippen LogP contribution < -0.4 is 0 Å². The van der Waals surface area contributed by atoms with Gasteiger partial charge in [-0.1, -0.05) is 0 Å². The number of rotatable bonds is 3. The van der Waals surface area contributed by atoms with Crippen LogP contribution in [0.25, 0.3) is 0 Å². The van der Waals surface area contributed by atoms with Crippen molar-refractivity contribution in [1.82, 2.24) is 4.90 Å². The van der Waals surface area contributed by atoms with Crippen molar-refractivity contribution in [1.29, 1.82) is 0 Å². The first-order valence-electron chi connectivity index (χ1n) is 5.11. The molecule has 0 aromatic heterocycles. The summed E-state index contributed by atoms with van der Waals surface area (Å²) in [5.74, 6) is 1.25. The summed E-state index contributed by atoms with van der Waals surface area (Å²) in [6.07, 6.45) is 0. The summed E-state index contributed by atoms with van der Waals surface area (Å²) in [5.41, 5.74) is -0.479. The third kappa shape index (κ3) is 3.57. The molecule has 0 radical (unpaired) electrons. The highest BCUT2D eigenvalue weighted by Crippen LogP contribution is 2.19. The van der Waals surface area contributed by atoms with E-state index in [1.807, 2.05) is 13.8 Å². The van der Waals surface area contributed by atoms with Crippen molar-refractivity contribution in [3.8, 4) is 0 Å². The predicted molar refractivity (Wildman–Crippen MR) is 60.1 cm³/mol. The minimum atomic E-state index is -0.660. The van der Waals surface area contributed by atoms with E-state index in [1.165, 1.54) is 7.11 Å². The van der Waals surface area contributed by atoms with Gasteiger partial charge in [-0.3, -0.25) is 9.00 Å². The number of hydrogen-bond donors (Lipinski definition) is 0. The molecule has 0 amide bonds. The number of methoxy groups -OCH3 is 1. The molecule has 0 unspecified atom stereocenters. The van der Waals surface area contributed by atoms with Gasteiger partial charge in [0.15, 0.2) is 0 Å². The van der Waals surface area contributed by atoms with Crippen molar-refractivity contribution < 1.29 is 13.7 Å². The van der Waals surface area contributed by atoms with Crippen LogP contribution in [-0.4, -0.2) is 53.3 Å². The fraction of sp³-hybridized carbons (Fsp3) is 0.900. The molecule has 1 rings (SSSR count). The summed E-state index contributed by atoms with van der Waals surface area (Å²) in [4.78, 5) is 13.6. The Balaban J connectivity index is 2.47. The molecule has 4 nitrogen and oxygen atoms in total. The first-order chi connectivity index (χ1) is 6.95. The van der Waals surface area contributed by atoms with E-state index in [0.29, 0.717) is 6.54 Å². The fourth-order valence-electron chi connectivity index (χ4n) is 1.73. The molecule has 0 aliphatic carbocycles. The summed E-state index contributed by atoms with van der Waals surface area (Å²) in [7, 11) is 0.752. The van der Waals surface area contributed by atoms with Crippen molar-refractivity contribution in [3.63, 3.8) is 0 Å². The van der Waals surface area contributed by atoms with Crippen molar-refractivity contribution in [3.05, 3.63) is 0 Å².